The highest BCUT2D eigenvalue weighted by atomic mass is 16.5. The molecule has 0 fully saturated rings. The maximum absolute atomic E-state index is 9.31. The molecule has 1 atom stereocenters. The van der Waals surface area contributed by atoms with Gasteiger partial charge in [-0.3, -0.25) is 0 Å². The quantitative estimate of drug-likeness (QED) is 0.847. The Kier molecular flexibility index (Phi) is 5.25. The first-order valence-electron chi connectivity index (χ1n) is 6.69. The van der Waals surface area contributed by atoms with E-state index in [4.69, 9.17) is 10.5 Å². The van der Waals surface area contributed by atoms with Crippen molar-refractivity contribution in [2.75, 3.05) is 6.61 Å². The molecule has 0 amide bonds. The molecular formula is C14H22N4O. The molecule has 1 aromatic heterocycles. The number of nitrogens with zero attached hydrogens (tertiary/aromatic N) is 3. The van der Waals surface area contributed by atoms with Gasteiger partial charge in [0.05, 0.1) is 5.69 Å². The van der Waals surface area contributed by atoms with E-state index < -0.39 is 5.54 Å². The van der Waals surface area contributed by atoms with Crippen LogP contribution in [0.15, 0.2) is 0 Å². The molecule has 104 valence electrons. The summed E-state index contributed by atoms with van der Waals surface area (Å²) in [7, 11) is 0. The SMILES string of the molecule is CCc1nnc(OCC(C)(N)CC)c(C#N)c1CC. The minimum Gasteiger partial charge on any atom is -0.474 e. The normalized spacial score (nSPS) is 13.7. The Bertz CT molecular complexity index is 477. The molecule has 1 unspecified atom stereocenters. The van der Waals surface area contributed by atoms with Gasteiger partial charge in [0, 0.05) is 5.54 Å². The van der Waals surface area contributed by atoms with E-state index >= 15 is 0 Å². The van der Waals surface area contributed by atoms with Crippen LogP contribution in [0.2, 0.25) is 0 Å². The molecule has 0 saturated heterocycles. The Balaban J connectivity index is 3.06. The van der Waals surface area contributed by atoms with Crippen molar-refractivity contribution >= 4 is 0 Å². The molecule has 0 spiro atoms. The molecule has 5 heteroatoms. The lowest BCUT2D eigenvalue weighted by Gasteiger charge is -2.22. The van der Waals surface area contributed by atoms with Crippen LogP contribution >= 0.6 is 0 Å². The first-order chi connectivity index (χ1) is 8.99. The van der Waals surface area contributed by atoms with Crippen LogP contribution in [0.25, 0.3) is 0 Å². The number of rotatable bonds is 6. The highest BCUT2D eigenvalue weighted by Crippen LogP contribution is 2.22. The van der Waals surface area contributed by atoms with Gasteiger partial charge in [0.1, 0.15) is 18.2 Å². The molecule has 0 aliphatic rings. The average Bonchev–Trinajstić information content (AvgIpc) is 2.43. The van der Waals surface area contributed by atoms with Crippen molar-refractivity contribution in [3.8, 4) is 11.9 Å². The summed E-state index contributed by atoms with van der Waals surface area (Å²) in [6.07, 6.45) is 2.29. The highest BCUT2D eigenvalue weighted by molar-refractivity contribution is 5.46. The molecular weight excluding hydrogens is 240 g/mol. The van der Waals surface area contributed by atoms with Crippen LogP contribution in [-0.4, -0.2) is 22.3 Å². The van der Waals surface area contributed by atoms with Gasteiger partial charge < -0.3 is 10.5 Å². The second kappa shape index (κ2) is 6.48. The molecule has 19 heavy (non-hydrogen) atoms. The van der Waals surface area contributed by atoms with Gasteiger partial charge in [-0.25, -0.2) is 0 Å². The van der Waals surface area contributed by atoms with E-state index in [1.807, 2.05) is 27.7 Å². The van der Waals surface area contributed by atoms with Crippen LogP contribution in [0, 0.1) is 11.3 Å². The van der Waals surface area contributed by atoms with E-state index in [0.717, 1.165) is 30.5 Å². The first kappa shape index (κ1) is 15.4. The summed E-state index contributed by atoms with van der Waals surface area (Å²) in [5, 5.41) is 17.5. The zero-order valence-electron chi connectivity index (χ0n) is 12.2. The second-order valence-corrected chi connectivity index (χ2v) is 4.92. The summed E-state index contributed by atoms with van der Waals surface area (Å²) in [6.45, 7) is 8.23. The van der Waals surface area contributed by atoms with E-state index in [0.29, 0.717) is 18.1 Å². The van der Waals surface area contributed by atoms with Crippen molar-refractivity contribution in [1.82, 2.24) is 10.2 Å². The lowest BCUT2D eigenvalue weighted by Crippen LogP contribution is -2.41. The van der Waals surface area contributed by atoms with E-state index in [1.54, 1.807) is 0 Å². The number of nitrogens with two attached hydrogens (primary N) is 1. The van der Waals surface area contributed by atoms with Crippen molar-refractivity contribution in [2.45, 2.75) is 52.5 Å². The third-order valence-corrected chi connectivity index (χ3v) is 3.27. The van der Waals surface area contributed by atoms with Gasteiger partial charge in [-0.05, 0) is 31.7 Å². The van der Waals surface area contributed by atoms with Gasteiger partial charge in [-0.1, -0.05) is 20.8 Å². The first-order valence-corrected chi connectivity index (χ1v) is 6.69. The lowest BCUT2D eigenvalue weighted by molar-refractivity contribution is 0.215. The molecule has 0 bridgehead atoms. The molecule has 1 aromatic rings. The average molecular weight is 262 g/mol. The third kappa shape index (κ3) is 3.65. The molecule has 5 nitrogen and oxygen atoms in total. The maximum atomic E-state index is 9.31. The summed E-state index contributed by atoms with van der Waals surface area (Å²) in [5.41, 5.74) is 7.87. The smallest absolute Gasteiger partial charge is 0.251 e. The van der Waals surface area contributed by atoms with Crippen molar-refractivity contribution in [3.05, 3.63) is 16.8 Å². The zero-order valence-corrected chi connectivity index (χ0v) is 12.2. The van der Waals surface area contributed by atoms with Crippen molar-refractivity contribution < 1.29 is 4.74 Å². The summed E-state index contributed by atoms with van der Waals surface area (Å²) in [5.74, 6) is 0.293. The van der Waals surface area contributed by atoms with Crippen LogP contribution < -0.4 is 10.5 Å². The Morgan fingerprint density at radius 3 is 2.42 bits per heavy atom. The number of nitriles is 1. The van der Waals surface area contributed by atoms with Crippen LogP contribution in [0.1, 0.15) is 50.9 Å². The van der Waals surface area contributed by atoms with Crippen LogP contribution in [0.5, 0.6) is 5.88 Å². The molecule has 2 N–H and O–H groups in total. The summed E-state index contributed by atoms with van der Waals surface area (Å²) < 4.78 is 5.60. The Morgan fingerprint density at radius 2 is 1.95 bits per heavy atom. The standard InChI is InChI=1S/C14H22N4O/c1-5-10-11(8-15)13(18-17-12(10)6-2)19-9-14(4,16)7-3/h5-7,9,16H2,1-4H3. The monoisotopic (exact) mass is 262 g/mol. The summed E-state index contributed by atoms with van der Waals surface area (Å²) in [6, 6.07) is 2.18. The molecule has 1 rings (SSSR count). The van der Waals surface area contributed by atoms with Crippen LogP contribution in [-0.2, 0) is 12.8 Å². The number of aryl methyl sites for hydroxylation is 1. The minimum absolute atomic E-state index is 0.293. The minimum atomic E-state index is -0.426. The molecule has 0 aromatic carbocycles. The predicted molar refractivity (Wildman–Crippen MR) is 73.9 cm³/mol. The van der Waals surface area contributed by atoms with E-state index in [2.05, 4.69) is 16.3 Å². The molecule has 0 aliphatic heterocycles. The molecule has 0 saturated carbocycles. The van der Waals surface area contributed by atoms with Crippen LogP contribution in [0.4, 0.5) is 0 Å². The molecule has 1 heterocycles. The molecule has 0 radical (unpaired) electrons. The number of ether oxygens (including phenoxy) is 1. The third-order valence-electron chi connectivity index (χ3n) is 3.27. The van der Waals surface area contributed by atoms with Crippen molar-refractivity contribution in [2.24, 2.45) is 5.73 Å². The lowest BCUT2D eigenvalue weighted by atomic mass is 10.0. The van der Waals surface area contributed by atoms with Gasteiger partial charge in [-0.2, -0.15) is 10.4 Å². The van der Waals surface area contributed by atoms with E-state index in [1.165, 1.54) is 0 Å². The maximum Gasteiger partial charge on any atom is 0.251 e. The highest BCUT2D eigenvalue weighted by Gasteiger charge is 2.20. The zero-order chi connectivity index (χ0) is 14.5. The van der Waals surface area contributed by atoms with Gasteiger partial charge >= 0.3 is 0 Å². The second-order valence-electron chi connectivity index (χ2n) is 4.92. The Labute approximate surface area is 114 Å². The molecule has 0 aliphatic carbocycles. The van der Waals surface area contributed by atoms with Crippen molar-refractivity contribution in [1.29, 1.82) is 5.26 Å². The Hall–Kier alpha value is -1.67. The number of hydrogen-bond donors (Lipinski definition) is 1. The fraction of sp³-hybridized carbons (Fsp3) is 0.643. The van der Waals surface area contributed by atoms with Gasteiger partial charge in [0.25, 0.3) is 5.88 Å². The predicted octanol–water partition coefficient (Wildman–Crippen LogP) is 1.98. The van der Waals surface area contributed by atoms with Crippen molar-refractivity contribution in [3.63, 3.8) is 0 Å². The van der Waals surface area contributed by atoms with Gasteiger partial charge in [0.15, 0.2) is 0 Å². The van der Waals surface area contributed by atoms with E-state index in [9.17, 15) is 5.26 Å². The summed E-state index contributed by atoms with van der Waals surface area (Å²) in [4.78, 5) is 0. The summed E-state index contributed by atoms with van der Waals surface area (Å²) >= 11 is 0. The number of hydrogen-bond acceptors (Lipinski definition) is 5. The van der Waals surface area contributed by atoms with Crippen LogP contribution in [0.3, 0.4) is 0 Å². The number of aromatic nitrogens is 2. The topological polar surface area (TPSA) is 84.8 Å². The van der Waals surface area contributed by atoms with Gasteiger partial charge in [0.2, 0.25) is 0 Å². The fourth-order valence-corrected chi connectivity index (χ4v) is 1.71. The Morgan fingerprint density at radius 1 is 1.26 bits per heavy atom. The van der Waals surface area contributed by atoms with E-state index in [-0.39, 0.29) is 0 Å². The van der Waals surface area contributed by atoms with Gasteiger partial charge in [-0.15, -0.1) is 5.10 Å². The largest absolute Gasteiger partial charge is 0.474 e. The fourth-order valence-electron chi connectivity index (χ4n) is 1.71.